The topological polar surface area (TPSA) is 61.7 Å². The molecule has 7 nitrogen and oxygen atoms in total. The van der Waals surface area contributed by atoms with E-state index in [1.54, 1.807) is 18.1 Å². The lowest BCUT2D eigenvalue weighted by atomic mass is 9.74. The number of carbonyl (C=O) groups excluding carboxylic acids is 2. The number of carbonyl (C=O) groups is 2. The molecular formula is C21H26ClN5O2. The first kappa shape index (κ1) is 19.9. The van der Waals surface area contributed by atoms with Crippen molar-refractivity contribution in [3.63, 3.8) is 0 Å². The minimum atomic E-state index is -0.132. The van der Waals surface area contributed by atoms with Crippen LogP contribution in [0.15, 0.2) is 36.7 Å². The second kappa shape index (κ2) is 7.46. The summed E-state index contributed by atoms with van der Waals surface area (Å²) in [5.74, 6) is 0.916. The lowest BCUT2D eigenvalue weighted by Crippen LogP contribution is -2.61. The number of halogens is 1. The number of imidazole rings is 1. The van der Waals surface area contributed by atoms with Crippen molar-refractivity contribution in [1.29, 1.82) is 0 Å². The number of benzene rings is 1. The van der Waals surface area contributed by atoms with Crippen molar-refractivity contribution < 1.29 is 9.59 Å². The van der Waals surface area contributed by atoms with Crippen LogP contribution >= 0.6 is 11.6 Å². The Morgan fingerprint density at radius 3 is 2.79 bits per heavy atom. The zero-order chi connectivity index (χ0) is 20.8. The molecular weight excluding hydrogens is 390 g/mol. The van der Waals surface area contributed by atoms with E-state index in [1.807, 2.05) is 44.8 Å². The van der Waals surface area contributed by atoms with Crippen molar-refractivity contribution in [3.8, 4) is 5.69 Å². The summed E-state index contributed by atoms with van der Waals surface area (Å²) in [5.41, 5.74) is 0.833. The largest absolute Gasteiger partial charge is 0.343 e. The van der Waals surface area contributed by atoms with Gasteiger partial charge < -0.3 is 14.4 Å². The molecule has 154 valence electrons. The molecule has 2 aromatic rings. The average Bonchev–Trinajstić information content (AvgIpc) is 3.11. The van der Waals surface area contributed by atoms with E-state index in [0.717, 1.165) is 11.5 Å². The first-order valence-electron chi connectivity index (χ1n) is 9.81. The first-order valence-corrected chi connectivity index (χ1v) is 10.2. The Labute approximate surface area is 175 Å². The van der Waals surface area contributed by atoms with E-state index >= 15 is 0 Å². The van der Waals surface area contributed by atoms with Crippen molar-refractivity contribution in [3.05, 3.63) is 47.5 Å². The molecule has 2 saturated heterocycles. The molecule has 0 aliphatic carbocycles. The van der Waals surface area contributed by atoms with E-state index in [2.05, 4.69) is 18.8 Å². The van der Waals surface area contributed by atoms with E-state index in [1.165, 1.54) is 0 Å². The van der Waals surface area contributed by atoms with Gasteiger partial charge in [-0.3, -0.25) is 14.5 Å². The molecule has 2 fully saturated rings. The quantitative estimate of drug-likeness (QED) is 0.768. The van der Waals surface area contributed by atoms with Crippen LogP contribution in [0.5, 0.6) is 0 Å². The second-order valence-electron chi connectivity index (χ2n) is 8.57. The maximum atomic E-state index is 13.1. The molecule has 1 aromatic carbocycles. The van der Waals surface area contributed by atoms with Crippen LogP contribution < -0.4 is 0 Å². The predicted octanol–water partition coefficient (Wildman–Crippen LogP) is 2.21. The Bertz CT molecular complexity index is 941. The number of nitrogens with zero attached hydrogens (tertiary/aromatic N) is 5. The number of amides is 2. The van der Waals surface area contributed by atoms with Gasteiger partial charge in [0, 0.05) is 55.2 Å². The second-order valence-corrected chi connectivity index (χ2v) is 9.01. The van der Waals surface area contributed by atoms with Crippen LogP contribution in [0.1, 0.15) is 25.7 Å². The molecule has 0 saturated carbocycles. The monoisotopic (exact) mass is 415 g/mol. The summed E-state index contributed by atoms with van der Waals surface area (Å²) in [4.78, 5) is 35.1. The smallest absolute Gasteiger partial charge is 0.237 e. The molecule has 0 N–H and O–H groups in total. The lowest BCUT2D eigenvalue weighted by Gasteiger charge is -2.54. The number of likely N-dealkylation sites (N-methyl/N-ethyl adjacent to an activating group) is 1. The highest BCUT2D eigenvalue weighted by molar-refractivity contribution is 6.30. The number of aromatic nitrogens is 2. The maximum Gasteiger partial charge on any atom is 0.237 e. The van der Waals surface area contributed by atoms with Crippen LogP contribution in [0.25, 0.3) is 5.69 Å². The zero-order valence-electron chi connectivity index (χ0n) is 17.0. The molecule has 29 heavy (non-hydrogen) atoms. The summed E-state index contributed by atoms with van der Waals surface area (Å²) in [6.45, 7) is 6.88. The molecule has 8 heteroatoms. The molecule has 2 amide bonds. The first-order chi connectivity index (χ1) is 13.8. The van der Waals surface area contributed by atoms with Crippen molar-refractivity contribution in [2.75, 3.05) is 39.8 Å². The zero-order valence-corrected chi connectivity index (χ0v) is 17.8. The van der Waals surface area contributed by atoms with E-state index < -0.39 is 0 Å². The van der Waals surface area contributed by atoms with E-state index in [4.69, 9.17) is 11.6 Å². The van der Waals surface area contributed by atoms with Gasteiger partial charge in [0.25, 0.3) is 0 Å². The summed E-state index contributed by atoms with van der Waals surface area (Å²) in [7, 11) is 1.80. The highest BCUT2D eigenvalue weighted by Gasteiger charge is 2.51. The number of likely N-dealkylation sites (tertiary alicyclic amines) is 1. The molecule has 3 heterocycles. The summed E-state index contributed by atoms with van der Waals surface area (Å²) in [6, 6.07) is 7.47. The van der Waals surface area contributed by atoms with Gasteiger partial charge in [0.15, 0.2) is 0 Å². The Morgan fingerprint density at radius 1 is 1.31 bits per heavy atom. The van der Waals surface area contributed by atoms with Crippen LogP contribution in [-0.2, 0) is 9.59 Å². The molecule has 2 aliphatic rings. The summed E-state index contributed by atoms with van der Waals surface area (Å²) >= 11 is 6.17. The molecule has 2 aliphatic heterocycles. The summed E-state index contributed by atoms with van der Waals surface area (Å²) in [5, 5.41) is 0.655. The van der Waals surface area contributed by atoms with Gasteiger partial charge in [-0.1, -0.05) is 31.5 Å². The van der Waals surface area contributed by atoms with Gasteiger partial charge in [-0.05, 0) is 18.2 Å². The van der Waals surface area contributed by atoms with Crippen LogP contribution in [0.2, 0.25) is 5.02 Å². The number of piperazine rings is 1. The van der Waals surface area contributed by atoms with Gasteiger partial charge in [-0.15, -0.1) is 0 Å². The standard InChI is InChI=1S/C21H26ClN5O2/c1-21(2)14-27(18(29)13-25-10-9-24(3)17(28)12-25)19(21)20-23-7-8-26(20)16-6-4-5-15(22)11-16/h4-8,11,19H,9-10,12-14H2,1-3H3. The fourth-order valence-electron chi connectivity index (χ4n) is 4.23. The van der Waals surface area contributed by atoms with Crippen molar-refractivity contribution in [2.24, 2.45) is 5.41 Å². The summed E-state index contributed by atoms with van der Waals surface area (Å²) in [6.07, 6.45) is 3.66. The minimum absolute atomic E-state index is 0.0346. The lowest BCUT2D eigenvalue weighted by molar-refractivity contribution is -0.155. The number of hydrogen-bond acceptors (Lipinski definition) is 4. The van der Waals surface area contributed by atoms with Crippen LogP contribution in [-0.4, -0.2) is 75.8 Å². The van der Waals surface area contributed by atoms with Crippen molar-refractivity contribution >= 4 is 23.4 Å². The van der Waals surface area contributed by atoms with E-state index in [-0.39, 0.29) is 29.8 Å². The third kappa shape index (κ3) is 3.76. The van der Waals surface area contributed by atoms with Gasteiger partial charge >= 0.3 is 0 Å². The Kier molecular flexibility index (Phi) is 5.12. The molecule has 0 spiro atoms. The van der Waals surface area contributed by atoms with Gasteiger partial charge in [-0.25, -0.2) is 4.98 Å². The molecule has 1 aromatic heterocycles. The van der Waals surface area contributed by atoms with Crippen molar-refractivity contribution in [1.82, 2.24) is 24.3 Å². The van der Waals surface area contributed by atoms with Crippen LogP contribution in [0, 0.1) is 5.41 Å². The fraction of sp³-hybridized carbons (Fsp3) is 0.476. The third-order valence-electron chi connectivity index (χ3n) is 5.85. The van der Waals surface area contributed by atoms with Crippen LogP contribution in [0.3, 0.4) is 0 Å². The third-order valence-corrected chi connectivity index (χ3v) is 6.08. The maximum absolute atomic E-state index is 13.1. The van der Waals surface area contributed by atoms with Crippen LogP contribution in [0.4, 0.5) is 0 Å². The van der Waals surface area contributed by atoms with E-state index in [9.17, 15) is 9.59 Å². The van der Waals surface area contributed by atoms with Gasteiger partial charge in [-0.2, -0.15) is 0 Å². The van der Waals surface area contributed by atoms with Gasteiger partial charge in [0.05, 0.1) is 19.1 Å². The minimum Gasteiger partial charge on any atom is -0.343 e. The molecule has 0 radical (unpaired) electrons. The highest BCUT2D eigenvalue weighted by Crippen LogP contribution is 2.48. The fourth-order valence-corrected chi connectivity index (χ4v) is 4.42. The number of hydrogen-bond donors (Lipinski definition) is 0. The van der Waals surface area contributed by atoms with E-state index in [0.29, 0.717) is 31.2 Å². The highest BCUT2D eigenvalue weighted by atomic mass is 35.5. The average molecular weight is 416 g/mol. The molecule has 4 rings (SSSR count). The molecule has 0 bridgehead atoms. The Morgan fingerprint density at radius 2 is 2.10 bits per heavy atom. The SMILES string of the molecule is CN1CCN(CC(=O)N2CC(C)(C)C2c2nccn2-c2cccc(Cl)c2)CC1=O. The Hall–Kier alpha value is -2.38. The predicted molar refractivity (Wildman–Crippen MR) is 111 cm³/mol. The molecule has 1 atom stereocenters. The summed E-state index contributed by atoms with van der Waals surface area (Å²) < 4.78 is 2.00. The molecule has 1 unspecified atom stereocenters. The van der Waals surface area contributed by atoms with Gasteiger partial charge in [0.1, 0.15) is 5.82 Å². The normalized spacial score (nSPS) is 21.9. The Balaban J connectivity index is 1.55. The van der Waals surface area contributed by atoms with Gasteiger partial charge in [0.2, 0.25) is 11.8 Å². The van der Waals surface area contributed by atoms with Crippen molar-refractivity contribution in [2.45, 2.75) is 19.9 Å². The number of rotatable bonds is 4.